The summed E-state index contributed by atoms with van der Waals surface area (Å²) in [5.74, 6) is 0. The van der Waals surface area contributed by atoms with Gasteiger partial charge in [-0.1, -0.05) is 188 Å². The van der Waals surface area contributed by atoms with Crippen molar-refractivity contribution in [3.63, 3.8) is 0 Å². The molecular formula is C59H38N2. The minimum atomic E-state index is -0.550. The summed E-state index contributed by atoms with van der Waals surface area (Å²) in [6, 6.07) is 85.4. The lowest BCUT2D eigenvalue weighted by molar-refractivity contribution is 0.748. The van der Waals surface area contributed by atoms with Crippen molar-refractivity contribution in [1.82, 2.24) is 4.57 Å². The second-order valence-electron chi connectivity index (χ2n) is 16.4. The van der Waals surface area contributed by atoms with Crippen LogP contribution in [0.25, 0.3) is 71.6 Å². The molecule has 1 aliphatic carbocycles. The number of aromatic nitrogens is 1. The lowest BCUT2D eigenvalue weighted by Crippen LogP contribution is -2.33. The van der Waals surface area contributed by atoms with Gasteiger partial charge in [0.15, 0.2) is 0 Å². The summed E-state index contributed by atoms with van der Waals surface area (Å²) in [6.07, 6.45) is 0. The minimum Gasteiger partial charge on any atom is -0.310 e. The highest BCUT2D eigenvalue weighted by molar-refractivity contribution is 6.13. The molecule has 2 heterocycles. The van der Waals surface area contributed by atoms with Crippen molar-refractivity contribution in [3.8, 4) is 39.1 Å². The van der Waals surface area contributed by atoms with E-state index in [4.69, 9.17) is 0 Å². The number of benzene rings is 10. The van der Waals surface area contributed by atoms with Crippen LogP contribution in [0, 0.1) is 0 Å². The third-order valence-electron chi connectivity index (χ3n) is 13.4. The van der Waals surface area contributed by atoms with Crippen molar-refractivity contribution in [2.45, 2.75) is 5.41 Å². The van der Waals surface area contributed by atoms with Crippen LogP contribution < -0.4 is 4.90 Å². The highest BCUT2D eigenvalue weighted by Gasteiger charge is 2.51. The van der Waals surface area contributed by atoms with Gasteiger partial charge in [0, 0.05) is 27.7 Å². The van der Waals surface area contributed by atoms with Crippen molar-refractivity contribution >= 4 is 49.6 Å². The number of fused-ring (bicyclic) bond motifs is 13. The quantitative estimate of drug-likeness (QED) is 0.169. The van der Waals surface area contributed by atoms with Crippen LogP contribution in [-0.4, -0.2) is 4.57 Å². The normalized spacial score (nSPS) is 14.6. The molecule has 0 radical (unpaired) electrons. The third kappa shape index (κ3) is 4.67. The van der Waals surface area contributed by atoms with Crippen LogP contribution in [-0.2, 0) is 5.41 Å². The van der Waals surface area contributed by atoms with E-state index < -0.39 is 5.41 Å². The van der Waals surface area contributed by atoms with Crippen molar-refractivity contribution in [2.24, 2.45) is 0 Å². The number of hydrogen-bond acceptors (Lipinski definition) is 1. The highest BCUT2D eigenvalue weighted by Crippen LogP contribution is 2.62. The Kier molecular flexibility index (Phi) is 7.26. The molecule has 284 valence electrons. The highest BCUT2D eigenvalue weighted by atomic mass is 15.1. The van der Waals surface area contributed by atoms with Crippen LogP contribution in [0.15, 0.2) is 231 Å². The number of anilines is 3. The fraction of sp³-hybridized carbons (Fsp3) is 0.0169. The summed E-state index contributed by atoms with van der Waals surface area (Å²) in [7, 11) is 0. The van der Waals surface area contributed by atoms with Crippen molar-refractivity contribution in [3.05, 3.63) is 253 Å². The predicted octanol–water partition coefficient (Wildman–Crippen LogP) is 15.4. The number of hydrogen-bond donors (Lipinski definition) is 0. The molecule has 0 N–H and O–H groups in total. The largest absolute Gasteiger partial charge is 0.310 e. The van der Waals surface area contributed by atoms with E-state index in [1.807, 2.05) is 0 Å². The molecule has 2 aliphatic rings. The Bertz CT molecular complexity index is 3550. The average molecular weight is 775 g/mol. The summed E-state index contributed by atoms with van der Waals surface area (Å²) >= 11 is 0. The Labute approximate surface area is 354 Å². The molecule has 61 heavy (non-hydrogen) atoms. The summed E-state index contributed by atoms with van der Waals surface area (Å²) in [4.78, 5) is 2.47. The Morgan fingerprint density at radius 3 is 1.77 bits per heavy atom. The van der Waals surface area contributed by atoms with E-state index in [2.05, 4.69) is 240 Å². The second kappa shape index (κ2) is 13.0. The fourth-order valence-electron chi connectivity index (χ4n) is 11.0. The maximum Gasteiger partial charge on any atom is 0.0755 e. The first-order valence-corrected chi connectivity index (χ1v) is 21.2. The van der Waals surface area contributed by atoms with Gasteiger partial charge in [0.25, 0.3) is 0 Å². The van der Waals surface area contributed by atoms with Gasteiger partial charge < -0.3 is 9.47 Å². The van der Waals surface area contributed by atoms with E-state index in [0.717, 1.165) is 17.1 Å². The first-order chi connectivity index (χ1) is 30.3. The van der Waals surface area contributed by atoms with E-state index in [-0.39, 0.29) is 0 Å². The van der Waals surface area contributed by atoms with Crippen LogP contribution >= 0.6 is 0 Å². The van der Waals surface area contributed by atoms with E-state index in [9.17, 15) is 0 Å². The Morgan fingerprint density at radius 2 is 0.902 bits per heavy atom. The molecule has 0 amide bonds. The zero-order valence-corrected chi connectivity index (χ0v) is 33.3. The summed E-state index contributed by atoms with van der Waals surface area (Å²) in [5, 5.41) is 5.05. The SMILES string of the molecule is c1ccc(N(c2ccc3c(c2)C2(c4ccccc4-3)c3ccccc3-n3c4ccccc4c4cccc2c43)c2ccccc2-c2ccccc2-c2cccc3ccccc23)cc1. The average Bonchev–Trinajstić information content (AvgIpc) is 3.82. The lowest BCUT2D eigenvalue weighted by atomic mass is 9.65. The molecule has 0 saturated carbocycles. The molecule has 11 aromatic rings. The maximum atomic E-state index is 2.52. The first-order valence-electron chi connectivity index (χ1n) is 21.2. The maximum absolute atomic E-state index is 2.52. The molecule has 0 fully saturated rings. The third-order valence-corrected chi connectivity index (χ3v) is 13.4. The molecule has 1 atom stereocenters. The number of nitrogens with zero attached hydrogens (tertiary/aromatic N) is 2. The monoisotopic (exact) mass is 774 g/mol. The van der Waals surface area contributed by atoms with Gasteiger partial charge in [0.2, 0.25) is 0 Å². The molecule has 2 heteroatoms. The molecule has 1 aliphatic heterocycles. The van der Waals surface area contributed by atoms with Crippen LogP contribution in [0.1, 0.15) is 22.3 Å². The predicted molar refractivity (Wildman–Crippen MR) is 255 cm³/mol. The standard InChI is InChI=1S/C59H38N2/c1-2-20-40(21-3-1)60(55-33-13-9-26-48(55)45-24-7-6-23-44(45)43-28-16-19-39-18-4-5-22-42(39)43)41-36-37-47-46-25-8-11-30-51(46)59(54(47)38-41)52-31-12-15-35-57(52)61-56-34-14-10-27-49(56)50-29-17-32-53(59)58(50)61/h1-38H. The minimum absolute atomic E-state index is 0.550. The molecule has 1 aromatic heterocycles. The Hall–Kier alpha value is -7.94. The fourth-order valence-corrected chi connectivity index (χ4v) is 11.0. The van der Waals surface area contributed by atoms with Gasteiger partial charge >= 0.3 is 0 Å². The topological polar surface area (TPSA) is 8.17 Å². The van der Waals surface area contributed by atoms with Gasteiger partial charge in [-0.05, 0) is 103 Å². The molecule has 1 spiro atoms. The Balaban J connectivity index is 1.09. The summed E-state index contributed by atoms with van der Waals surface area (Å²) < 4.78 is 2.52. The van der Waals surface area contributed by atoms with Gasteiger partial charge in [0.1, 0.15) is 0 Å². The van der Waals surface area contributed by atoms with E-state index in [0.29, 0.717) is 0 Å². The summed E-state index contributed by atoms with van der Waals surface area (Å²) in [5.41, 5.74) is 19.2. The first kappa shape index (κ1) is 34.0. The molecule has 13 rings (SSSR count). The molecule has 2 nitrogen and oxygen atoms in total. The van der Waals surface area contributed by atoms with Gasteiger partial charge in [0.05, 0.1) is 27.8 Å². The zero-order valence-electron chi connectivity index (χ0n) is 33.3. The molecule has 0 bridgehead atoms. The van der Waals surface area contributed by atoms with Crippen LogP contribution in [0.5, 0.6) is 0 Å². The van der Waals surface area contributed by atoms with Crippen molar-refractivity contribution in [2.75, 3.05) is 4.90 Å². The van der Waals surface area contributed by atoms with Gasteiger partial charge in [-0.25, -0.2) is 0 Å². The molecular weight excluding hydrogens is 737 g/mol. The van der Waals surface area contributed by atoms with Crippen LogP contribution in [0.4, 0.5) is 17.1 Å². The van der Waals surface area contributed by atoms with Crippen molar-refractivity contribution in [1.29, 1.82) is 0 Å². The number of rotatable bonds is 5. The van der Waals surface area contributed by atoms with E-state index in [1.165, 1.54) is 93.9 Å². The number of para-hydroxylation sites is 5. The second-order valence-corrected chi connectivity index (χ2v) is 16.4. The Morgan fingerprint density at radius 1 is 0.328 bits per heavy atom. The molecule has 10 aromatic carbocycles. The van der Waals surface area contributed by atoms with Crippen LogP contribution in [0.3, 0.4) is 0 Å². The van der Waals surface area contributed by atoms with Crippen LogP contribution in [0.2, 0.25) is 0 Å². The lowest BCUT2D eigenvalue weighted by Gasteiger charge is -2.40. The van der Waals surface area contributed by atoms with E-state index in [1.54, 1.807) is 0 Å². The van der Waals surface area contributed by atoms with E-state index >= 15 is 0 Å². The van der Waals surface area contributed by atoms with Gasteiger partial charge in [-0.15, -0.1) is 0 Å². The molecule has 0 saturated heterocycles. The van der Waals surface area contributed by atoms with Gasteiger partial charge in [-0.2, -0.15) is 0 Å². The van der Waals surface area contributed by atoms with Gasteiger partial charge in [-0.3, -0.25) is 0 Å². The summed E-state index contributed by atoms with van der Waals surface area (Å²) in [6.45, 7) is 0. The van der Waals surface area contributed by atoms with Crippen molar-refractivity contribution < 1.29 is 0 Å². The smallest absolute Gasteiger partial charge is 0.0755 e. The zero-order chi connectivity index (χ0) is 40.1. The molecule has 1 unspecified atom stereocenters.